The number of nitrogens with one attached hydrogen (secondary N) is 1. The van der Waals surface area contributed by atoms with E-state index in [1.165, 1.54) is 0 Å². The maximum Gasteiger partial charge on any atom is 0.306 e. The average molecular weight is 365 g/mol. The van der Waals surface area contributed by atoms with E-state index in [0.29, 0.717) is 29.9 Å². The third-order valence-electron chi connectivity index (χ3n) is 3.84. The Hall–Kier alpha value is -3.21. The summed E-state index contributed by atoms with van der Waals surface area (Å²) in [4.78, 5) is 36.3. The maximum atomic E-state index is 12.4. The Morgan fingerprint density at radius 3 is 2.07 bits per heavy atom. The predicted molar refractivity (Wildman–Crippen MR) is 103 cm³/mol. The van der Waals surface area contributed by atoms with Crippen molar-refractivity contribution in [2.45, 2.75) is 26.2 Å². The number of carbonyl (C=O) groups excluding carboxylic acids is 3. The van der Waals surface area contributed by atoms with Gasteiger partial charge in [-0.2, -0.15) is 0 Å². The highest BCUT2D eigenvalue weighted by Gasteiger charge is 2.11. The minimum atomic E-state index is -0.341. The van der Waals surface area contributed by atoms with Gasteiger partial charge in [0.1, 0.15) is 0 Å². The molecule has 0 aromatic heterocycles. The predicted octanol–water partition coefficient (Wildman–Crippen LogP) is 3.92. The number of hydrogen-bond donors (Lipinski definition) is 1. The molecule has 0 aliphatic rings. The van der Waals surface area contributed by atoms with E-state index in [1.807, 2.05) is 12.1 Å². The lowest BCUT2D eigenvalue weighted by atomic mass is 10.1. The molecule has 0 saturated heterocycles. The van der Waals surface area contributed by atoms with Gasteiger partial charge in [-0.3, -0.25) is 14.4 Å². The van der Waals surface area contributed by atoms with Crippen LogP contribution in [-0.4, -0.2) is 24.3 Å². The first-order valence-corrected chi connectivity index (χ1v) is 8.89. The second-order valence-corrected chi connectivity index (χ2v) is 5.85. The maximum absolute atomic E-state index is 12.4. The fourth-order valence-corrected chi connectivity index (χ4v) is 2.45. The molecular formula is C22H23NO4. The molecule has 2 aromatic carbocycles. The number of ether oxygens (including phenoxy) is 1. The summed E-state index contributed by atoms with van der Waals surface area (Å²) >= 11 is 0. The molecule has 1 N–H and O–H groups in total. The summed E-state index contributed by atoms with van der Waals surface area (Å²) in [5.74, 6) is -0.678. The summed E-state index contributed by atoms with van der Waals surface area (Å²) < 4.78 is 4.93. The van der Waals surface area contributed by atoms with Gasteiger partial charge in [0.2, 0.25) is 0 Å². The van der Waals surface area contributed by atoms with Gasteiger partial charge >= 0.3 is 5.97 Å². The van der Waals surface area contributed by atoms with Crippen LogP contribution in [0.1, 0.15) is 46.9 Å². The molecule has 0 aliphatic carbocycles. The molecule has 0 atom stereocenters. The van der Waals surface area contributed by atoms with Gasteiger partial charge < -0.3 is 10.1 Å². The van der Waals surface area contributed by atoms with Gasteiger partial charge in [-0.25, -0.2) is 0 Å². The fourth-order valence-electron chi connectivity index (χ4n) is 2.45. The number of esters is 1. The quantitative estimate of drug-likeness (QED) is 0.540. The van der Waals surface area contributed by atoms with Crippen molar-refractivity contribution in [3.63, 3.8) is 0 Å². The second-order valence-electron chi connectivity index (χ2n) is 5.85. The van der Waals surface area contributed by atoms with Crippen LogP contribution in [0.3, 0.4) is 0 Å². The number of rotatable bonds is 9. The Balaban J connectivity index is 2.07. The van der Waals surface area contributed by atoms with Gasteiger partial charge in [0.05, 0.1) is 13.0 Å². The van der Waals surface area contributed by atoms with Gasteiger partial charge in [0.15, 0.2) is 5.78 Å². The largest absolute Gasteiger partial charge is 0.466 e. The molecule has 0 unspecified atom stereocenters. The van der Waals surface area contributed by atoms with E-state index in [-0.39, 0.29) is 30.5 Å². The Labute approximate surface area is 159 Å². The van der Waals surface area contributed by atoms with E-state index < -0.39 is 0 Å². The van der Waals surface area contributed by atoms with Crippen molar-refractivity contribution < 1.29 is 19.1 Å². The van der Waals surface area contributed by atoms with Gasteiger partial charge in [0, 0.05) is 23.2 Å². The van der Waals surface area contributed by atoms with Crippen LogP contribution in [0.15, 0.2) is 72.4 Å². The highest BCUT2D eigenvalue weighted by molar-refractivity contribution is 5.97. The van der Waals surface area contributed by atoms with Gasteiger partial charge in [-0.05, 0) is 25.5 Å². The zero-order chi connectivity index (χ0) is 19.5. The molecule has 2 aromatic rings. The van der Waals surface area contributed by atoms with E-state index in [1.54, 1.807) is 61.5 Å². The molecule has 5 nitrogen and oxygen atoms in total. The lowest BCUT2D eigenvalue weighted by Gasteiger charge is -2.10. The van der Waals surface area contributed by atoms with E-state index in [2.05, 4.69) is 5.32 Å². The number of Topliss-reactive ketones (excluding diaryl/α,β-unsaturated/α-hetero) is 1. The molecule has 0 heterocycles. The molecule has 0 fully saturated rings. The third-order valence-corrected chi connectivity index (χ3v) is 3.84. The Morgan fingerprint density at radius 1 is 0.889 bits per heavy atom. The minimum absolute atomic E-state index is 0.0572. The first-order chi connectivity index (χ1) is 13.1. The molecule has 0 saturated carbocycles. The van der Waals surface area contributed by atoms with Crippen LogP contribution < -0.4 is 5.32 Å². The van der Waals surface area contributed by atoms with Crippen LogP contribution in [0.2, 0.25) is 0 Å². The number of allylic oxidation sites excluding steroid dienone is 2. The fraction of sp³-hybridized carbons (Fsp3) is 0.227. The van der Waals surface area contributed by atoms with Crippen molar-refractivity contribution in [3.05, 3.63) is 83.6 Å². The first kappa shape index (κ1) is 20.1. The number of carbonyl (C=O) groups is 3. The second kappa shape index (κ2) is 10.7. The molecule has 0 bridgehead atoms. The van der Waals surface area contributed by atoms with Gasteiger partial charge in [0.25, 0.3) is 5.91 Å². The summed E-state index contributed by atoms with van der Waals surface area (Å²) in [7, 11) is 0. The van der Waals surface area contributed by atoms with E-state index in [0.717, 1.165) is 0 Å². The summed E-state index contributed by atoms with van der Waals surface area (Å²) in [6, 6.07) is 17.7. The highest BCUT2D eigenvalue weighted by Crippen LogP contribution is 2.10. The van der Waals surface area contributed by atoms with Crippen LogP contribution in [0, 0.1) is 0 Å². The Bertz CT molecular complexity index is 798. The molecular weight excluding hydrogens is 342 g/mol. The lowest BCUT2D eigenvalue weighted by molar-refractivity contribution is -0.143. The van der Waals surface area contributed by atoms with Crippen molar-refractivity contribution in [1.29, 1.82) is 0 Å². The monoisotopic (exact) mass is 365 g/mol. The molecule has 140 valence electrons. The van der Waals surface area contributed by atoms with E-state index in [9.17, 15) is 14.4 Å². The summed E-state index contributed by atoms with van der Waals surface area (Å²) in [5, 5.41) is 2.80. The lowest BCUT2D eigenvalue weighted by Crippen LogP contribution is -2.23. The third kappa shape index (κ3) is 6.90. The molecule has 0 radical (unpaired) electrons. The molecule has 2 rings (SSSR count). The normalized spacial score (nSPS) is 10.9. The smallest absolute Gasteiger partial charge is 0.306 e. The van der Waals surface area contributed by atoms with Crippen LogP contribution >= 0.6 is 0 Å². The van der Waals surface area contributed by atoms with Crippen LogP contribution in [0.5, 0.6) is 0 Å². The SMILES string of the molecule is CCOC(=O)CC/C(=C\CC(=O)c1ccccc1)NC(=O)c1ccccc1. The minimum Gasteiger partial charge on any atom is -0.466 e. The zero-order valence-electron chi connectivity index (χ0n) is 15.3. The number of benzene rings is 2. The number of ketones is 1. The molecule has 27 heavy (non-hydrogen) atoms. The summed E-state index contributed by atoms with van der Waals surface area (Å²) in [6.45, 7) is 2.05. The molecule has 1 amide bonds. The van der Waals surface area contributed by atoms with E-state index >= 15 is 0 Å². The standard InChI is InChI=1S/C22H23NO4/c1-2-27-21(25)16-14-19(23-22(26)18-11-7-4-8-12-18)13-15-20(24)17-9-5-3-6-10-17/h3-13H,2,14-16H2,1H3,(H,23,26)/b19-13+. The van der Waals surface area contributed by atoms with Crippen molar-refractivity contribution >= 4 is 17.7 Å². The van der Waals surface area contributed by atoms with Crippen molar-refractivity contribution in [2.24, 2.45) is 0 Å². The first-order valence-electron chi connectivity index (χ1n) is 8.89. The molecule has 5 heteroatoms. The zero-order valence-corrected chi connectivity index (χ0v) is 15.3. The van der Waals surface area contributed by atoms with E-state index in [4.69, 9.17) is 4.74 Å². The van der Waals surface area contributed by atoms with Crippen molar-refractivity contribution in [3.8, 4) is 0 Å². The number of amides is 1. The topological polar surface area (TPSA) is 72.5 Å². The van der Waals surface area contributed by atoms with Crippen molar-refractivity contribution in [1.82, 2.24) is 5.32 Å². The number of hydrogen-bond acceptors (Lipinski definition) is 4. The highest BCUT2D eigenvalue weighted by atomic mass is 16.5. The van der Waals surface area contributed by atoms with Crippen LogP contribution in [0.25, 0.3) is 0 Å². The van der Waals surface area contributed by atoms with Crippen LogP contribution in [0.4, 0.5) is 0 Å². The Kier molecular flexibility index (Phi) is 7.97. The molecule has 0 spiro atoms. The summed E-state index contributed by atoms with van der Waals surface area (Å²) in [5.41, 5.74) is 1.64. The van der Waals surface area contributed by atoms with Crippen LogP contribution in [-0.2, 0) is 9.53 Å². The van der Waals surface area contributed by atoms with Gasteiger partial charge in [-0.15, -0.1) is 0 Å². The van der Waals surface area contributed by atoms with Gasteiger partial charge in [-0.1, -0.05) is 54.6 Å². The average Bonchev–Trinajstić information content (AvgIpc) is 2.71. The Morgan fingerprint density at radius 2 is 1.48 bits per heavy atom. The molecule has 0 aliphatic heterocycles. The summed E-state index contributed by atoms with van der Waals surface area (Å²) in [6.07, 6.45) is 2.22. The van der Waals surface area contributed by atoms with Crippen molar-refractivity contribution in [2.75, 3.05) is 6.61 Å².